The van der Waals surface area contributed by atoms with Crippen molar-refractivity contribution in [1.29, 1.82) is 0 Å². The Labute approximate surface area is 151 Å². The summed E-state index contributed by atoms with van der Waals surface area (Å²) in [6.07, 6.45) is 3.16. The Morgan fingerprint density at radius 1 is 1.23 bits per heavy atom. The van der Waals surface area contributed by atoms with Crippen molar-refractivity contribution in [3.8, 4) is 0 Å². The molecule has 1 N–H and O–H groups in total. The van der Waals surface area contributed by atoms with Crippen LogP contribution in [-0.4, -0.2) is 28.0 Å². The molecule has 1 aromatic carbocycles. The first-order chi connectivity index (χ1) is 12.7. The van der Waals surface area contributed by atoms with Gasteiger partial charge in [-0.3, -0.25) is 4.98 Å². The average Bonchev–Trinajstić information content (AvgIpc) is 3.05. The second-order valence-corrected chi connectivity index (χ2v) is 6.52. The van der Waals surface area contributed by atoms with E-state index in [-0.39, 0.29) is 12.4 Å². The van der Waals surface area contributed by atoms with Crippen LogP contribution in [0.3, 0.4) is 0 Å². The number of fused-ring (bicyclic) bond motifs is 2. The van der Waals surface area contributed by atoms with Crippen LogP contribution in [-0.2, 0) is 11.3 Å². The molecule has 0 amide bonds. The standard InChI is InChI=1S/C18H13FN4O2S/c1-25-18(24)16-10(15-11(19)3-2-4-13(15)26-16)9-22-14-6-5-12-17(23-14)21-8-7-20-12/h2-8H,9H2,1H3,(H,21,22,23). The van der Waals surface area contributed by atoms with E-state index < -0.39 is 5.97 Å². The maximum Gasteiger partial charge on any atom is 0.348 e. The minimum Gasteiger partial charge on any atom is -0.465 e. The van der Waals surface area contributed by atoms with Crippen molar-refractivity contribution >= 4 is 44.4 Å². The molecule has 8 heteroatoms. The molecule has 0 bridgehead atoms. The number of carbonyl (C=O) groups excluding carboxylic acids is 1. The van der Waals surface area contributed by atoms with Gasteiger partial charge < -0.3 is 10.1 Å². The molecular formula is C18H13FN4O2S. The van der Waals surface area contributed by atoms with Crippen molar-refractivity contribution in [1.82, 2.24) is 15.0 Å². The molecule has 3 aromatic heterocycles. The fraction of sp³-hybridized carbons (Fsp3) is 0.111. The summed E-state index contributed by atoms with van der Waals surface area (Å²) in [6.45, 7) is 0.226. The Bertz CT molecular complexity index is 1130. The Hall–Kier alpha value is -3.13. The summed E-state index contributed by atoms with van der Waals surface area (Å²) in [6, 6.07) is 8.34. The first kappa shape index (κ1) is 16.3. The van der Waals surface area contributed by atoms with Crippen molar-refractivity contribution < 1.29 is 13.9 Å². The molecule has 4 rings (SSSR count). The molecule has 0 aliphatic heterocycles. The molecule has 0 saturated carbocycles. The van der Waals surface area contributed by atoms with E-state index >= 15 is 0 Å². The second kappa shape index (κ2) is 6.64. The van der Waals surface area contributed by atoms with Gasteiger partial charge in [-0.25, -0.2) is 19.2 Å². The smallest absolute Gasteiger partial charge is 0.348 e. The van der Waals surface area contributed by atoms with Crippen LogP contribution in [0.4, 0.5) is 10.2 Å². The molecule has 0 aliphatic rings. The van der Waals surface area contributed by atoms with Gasteiger partial charge in [0.2, 0.25) is 0 Å². The van der Waals surface area contributed by atoms with Crippen LogP contribution in [0, 0.1) is 5.82 Å². The van der Waals surface area contributed by atoms with E-state index in [4.69, 9.17) is 4.74 Å². The number of halogens is 1. The summed E-state index contributed by atoms with van der Waals surface area (Å²) in [7, 11) is 1.31. The van der Waals surface area contributed by atoms with Crippen LogP contribution in [0.5, 0.6) is 0 Å². The van der Waals surface area contributed by atoms with Gasteiger partial charge in [0.15, 0.2) is 5.65 Å². The van der Waals surface area contributed by atoms with Gasteiger partial charge in [-0.15, -0.1) is 11.3 Å². The van der Waals surface area contributed by atoms with Gasteiger partial charge in [-0.2, -0.15) is 0 Å². The third-order valence-corrected chi connectivity index (χ3v) is 5.09. The van der Waals surface area contributed by atoms with Crippen molar-refractivity contribution in [3.05, 3.63) is 59.0 Å². The van der Waals surface area contributed by atoms with Crippen molar-refractivity contribution in [2.75, 3.05) is 12.4 Å². The van der Waals surface area contributed by atoms with E-state index in [0.717, 1.165) is 0 Å². The summed E-state index contributed by atoms with van der Waals surface area (Å²) in [5.41, 5.74) is 1.74. The van der Waals surface area contributed by atoms with Gasteiger partial charge >= 0.3 is 5.97 Å². The Morgan fingerprint density at radius 2 is 2.08 bits per heavy atom. The number of methoxy groups -OCH3 is 1. The highest BCUT2D eigenvalue weighted by Gasteiger charge is 2.21. The number of pyridine rings is 1. The lowest BCUT2D eigenvalue weighted by Crippen LogP contribution is -2.07. The number of ether oxygens (including phenoxy) is 1. The van der Waals surface area contributed by atoms with Gasteiger partial charge in [-0.1, -0.05) is 6.07 Å². The number of hydrogen-bond donors (Lipinski definition) is 1. The topological polar surface area (TPSA) is 77.0 Å². The normalized spacial score (nSPS) is 11.0. The van der Waals surface area contributed by atoms with Crippen molar-refractivity contribution in [3.63, 3.8) is 0 Å². The summed E-state index contributed by atoms with van der Waals surface area (Å²) in [5, 5.41) is 3.55. The number of esters is 1. The van der Waals surface area contributed by atoms with Crippen molar-refractivity contribution in [2.45, 2.75) is 6.54 Å². The first-order valence-corrected chi connectivity index (χ1v) is 8.59. The van der Waals surface area contributed by atoms with Crippen LogP contribution in [0.15, 0.2) is 42.7 Å². The monoisotopic (exact) mass is 368 g/mol. The molecule has 0 atom stereocenters. The molecule has 0 spiro atoms. The number of hydrogen-bond acceptors (Lipinski definition) is 7. The van der Waals surface area contributed by atoms with Gasteiger partial charge in [-0.05, 0) is 24.3 Å². The maximum absolute atomic E-state index is 14.4. The van der Waals surface area contributed by atoms with Gasteiger partial charge in [0.25, 0.3) is 0 Å². The second-order valence-electron chi connectivity index (χ2n) is 5.46. The summed E-state index contributed by atoms with van der Waals surface area (Å²) in [5.74, 6) is -0.299. The van der Waals surface area contributed by atoms with E-state index in [9.17, 15) is 9.18 Å². The first-order valence-electron chi connectivity index (χ1n) is 7.77. The summed E-state index contributed by atoms with van der Waals surface area (Å²) < 4.78 is 19.9. The number of benzene rings is 1. The molecule has 0 saturated heterocycles. The molecule has 3 heterocycles. The van der Waals surface area contributed by atoms with Crippen LogP contribution >= 0.6 is 11.3 Å². The number of rotatable bonds is 4. The highest BCUT2D eigenvalue weighted by Crippen LogP contribution is 2.34. The van der Waals surface area contributed by atoms with Crippen LogP contribution in [0.25, 0.3) is 21.3 Å². The number of aromatic nitrogens is 3. The van der Waals surface area contributed by atoms with Crippen molar-refractivity contribution in [2.24, 2.45) is 0 Å². The van der Waals surface area contributed by atoms with E-state index in [2.05, 4.69) is 20.3 Å². The van der Waals surface area contributed by atoms with Crippen LogP contribution < -0.4 is 5.32 Å². The third kappa shape index (κ3) is 2.84. The molecular weight excluding hydrogens is 355 g/mol. The highest BCUT2D eigenvalue weighted by molar-refractivity contribution is 7.21. The molecule has 4 aromatic rings. The number of anilines is 1. The average molecular weight is 368 g/mol. The summed E-state index contributed by atoms with van der Waals surface area (Å²) >= 11 is 1.21. The van der Waals surface area contributed by atoms with E-state index in [1.165, 1.54) is 24.5 Å². The highest BCUT2D eigenvalue weighted by atomic mass is 32.1. The predicted octanol–water partition coefficient (Wildman–Crippen LogP) is 3.78. The minimum absolute atomic E-state index is 0.226. The maximum atomic E-state index is 14.4. The molecule has 26 heavy (non-hydrogen) atoms. The zero-order valence-corrected chi connectivity index (χ0v) is 14.5. The molecule has 0 aliphatic carbocycles. The SMILES string of the molecule is COC(=O)c1sc2cccc(F)c2c1CNc1ccc2nccnc2n1. The minimum atomic E-state index is -0.486. The Morgan fingerprint density at radius 3 is 2.92 bits per heavy atom. The molecule has 6 nitrogen and oxygen atoms in total. The predicted molar refractivity (Wildman–Crippen MR) is 97.8 cm³/mol. The fourth-order valence-corrected chi connectivity index (χ4v) is 3.88. The quantitative estimate of drug-likeness (QED) is 0.553. The largest absolute Gasteiger partial charge is 0.465 e. The number of carbonyl (C=O) groups is 1. The van der Waals surface area contributed by atoms with E-state index in [1.807, 2.05) is 0 Å². The molecule has 0 fully saturated rings. The molecule has 0 unspecified atom stereocenters. The van der Waals surface area contributed by atoms with E-state index in [1.54, 1.807) is 36.7 Å². The number of thiophene rings is 1. The summed E-state index contributed by atoms with van der Waals surface area (Å²) in [4.78, 5) is 25.2. The fourth-order valence-electron chi connectivity index (χ4n) is 2.73. The van der Waals surface area contributed by atoms with Gasteiger partial charge in [0.1, 0.15) is 22.0 Å². The lowest BCUT2D eigenvalue weighted by molar-refractivity contribution is 0.0605. The van der Waals surface area contributed by atoms with Crippen LogP contribution in [0.2, 0.25) is 0 Å². The molecule has 0 radical (unpaired) electrons. The third-order valence-electron chi connectivity index (χ3n) is 3.91. The zero-order chi connectivity index (χ0) is 18.1. The number of nitrogens with one attached hydrogen (secondary N) is 1. The van der Waals surface area contributed by atoms with Crippen LogP contribution in [0.1, 0.15) is 15.2 Å². The zero-order valence-electron chi connectivity index (χ0n) is 13.7. The Balaban J connectivity index is 1.72. The molecule has 130 valence electrons. The lowest BCUT2D eigenvalue weighted by atomic mass is 10.1. The Kier molecular flexibility index (Phi) is 4.18. The van der Waals surface area contributed by atoms with Gasteiger partial charge in [0.05, 0.1) is 7.11 Å². The number of nitrogens with zero attached hydrogens (tertiary/aromatic N) is 3. The van der Waals surface area contributed by atoms with E-state index in [0.29, 0.717) is 37.5 Å². The lowest BCUT2D eigenvalue weighted by Gasteiger charge is -2.08. The van der Waals surface area contributed by atoms with Gasteiger partial charge in [0, 0.05) is 34.6 Å².